The summed E-state index contributed by atoms with van der Waals surface area (Å²) in [6.07, 6.45) is 5.30. The van der Waals surface area contributed by atoms with Gasteiger partial charge in [-0.3, -0.25) is 0 Å². The number of hydrogen-bond donors (Lipinski definition) is 1. The van der Waals surface area contributed by atoms with Crippen LogP contribution >= 0.6 is 0 Å². The van der Waals surface area contributed by atoms with Crippen molar-refractivity contribution in [2.45, 2.75) is 44.6 Å². The van der Waals surface area contributed by atoms with Crippen molar-refractivity contribution in [3.05, 3.63) is 0 Å². The van der Waals surface area contributed by atoms with Gasteiger partial charge in [-0.25, -0.2) is 13.1 Å². The largest absolute Gasteiger partial charge is 0.368 e. The van der Waals surface area contributed by atoms with Gasteiger partial charge >= 0.3 is 0 Å². The molecule has 2 aliphatic heterocycles. The highest BCUT2D eigenvalue weighted by Crippen LogP contribution is 2.32. The lowest BCUT2D eigenvalue weighted by Gasteiger charge is -2.23. The molecule has 118 valence electrons. The number of nitrogen functional groups attached to an aromatic ring is 1. The fourth-order valence-electron chi connectivity index (χ4n) is 3.28. The average molecular weight is 313 g/mol. The molecule has 0 spiro atoms. The maximum Gasteiger partial charge on any atom is 0.246 e. The van der Waals surface area contributed by atoms with E-state index in [0.717, 1.165) is 25.9 Å². The van der Waals surface area contributed by atoms with Crippen LogP contribution in [0.15, 0.2) is 0 Å². The van der Waals surface area contributed by atoms with Crippen molar-refractivity contribution in [3.63, 3.8) is 0 Å². The molecule has 0 radical (unpaired) electrons. The first-order valence-corrected chi connectivity index (χ1v) is 9.40. The molecular weight excluding hydrogens is 290 g/mol. The minimum atomic E-state index is -3.00. The molecule has 21 heavy (non-hydrogen) atoms. The minimum absolute atomic E-state index is 0.0903. The molecule has 1 unspecified atom stereocenters. The standard InChI is InChI=1S/C13H23N5O2S/c1-13(6-9-21(19,20)10-13)18-11(14)15-12(16-18)17-7-4-2-3-5-8-17/h2-10H2,1H3,(H2,14,15,16). The summed E-state index contributed by atoms with van der Waals surface area (Å²) in [6.45, 7) is 3.78. The zero-order valence-electron chi connectivity index (χ0n) is 12.5. The van der Waals surface area contributed by atoms with Crippen LogP contribution in [0.1, 0.15) is 39.0 Å². The monoisotopic (exact) mass is 313 g/mol. The van der Waals surface area contributed by atoms with Gasteiger partial charge in [-0.1, -0.05) is 12.8 Å². The highest BCUT2D eigenvalue weighted by Gasteiger charge is 2.42. The van der Waals surface area contributed by atoms with Crippen molar-refractivity contribution in [3.8, 4) is 0 Å². The van der Waals surface area contributed by atoms with E-state index in [1.165, 1.54) is 12.8 Å². The first kappa shape index (κ1) is 14.6. The van der Waals surface area contributed by atoms with Gasteiger partial charge in [0.1, 0.15) is 0 Å². The van der Waals surface area contributed by atoms with Gasteiger partial charge in [-0.2, -0.15) is 4.98 Å². The molecule has 3 heterocycles. The van der Waals surface area contributed by atoms with Gasteiger partial charge in [0, 0.05) is 13.1 Å². The van der Waals surface area contributed by atoms with E-state index < -0.39 is 15.4 Å². The van der Waals surface area contributed by atoms with Gasteiger partial charge in [0.25, 0.3) is 0 Å². The summed E-state index contributed by atoms with van der Waals surface area (Å²) >= 11 is 0. The molecule has 8 heteroatoms. The Bertz CT molecular complexity index is 619. The summed E-state index contributed by atoms with van der Waals surface area (Å²) in [4.78, 5) is 6.53. The zero-order chi connectivity index (χ0) is 15.1. The summed E-state index contributed by atoms with van der Waals surface area (Å²) in [5, 5.41) is 4.54. The van der Waals surface area contributed by atoms with E-state index in [2.05, 4.69) is 15.0 Å². The number of anilines is 2. The molecule has 3 rings (SSSR count). The second-order valence-electron chi connectivity index (χ2n) is 6.42. The van der Waals surface area contributed by atoms with Crippen LogP contribution in [-0.2, 0) is 15.4 Å². The molecular formula is C13H23N5O2S. The molecule has 2 aliphatic rings. The van der Waals surface area contributed by atoms with E-state index in [1.54, 1.807) is 4.68 Å². The normalized spacial score (nSPS) is 29.5. The van der Waals surface area contributed by atoms with Gasteiger partial charge < -0.3 is 10.6 Å². The summed E-state index contributed by atoms with van der Waals surface area (Å²) in [7, 11) is -3.00. The quantitative estimate of drug-likeness (QED) is 0.867. The van der Waals surface area contributed by atoms with Crippen LogP contribution in [0.25, 0.3) is 0 Å². The molecule has 2 saturated heterocycles. The van der Waals surface area contributed by atoms with Gasteiger partial charge in [-0.05, 0) is 26.2 Å². The van der Waals surface area contributed by atoms with Crippen LogP contribution in [0, 0.1) is 0 Å². The molecule has 0 aromatic carbocycles. The molecule has 0 aliphatic carbocycles. The fourth-order valence-corrected chi connectivity index (χ4v) is 5.38. The summed E-state index contributed by atoms with van der Waals surface area (Å²) in [5.74, 6) is 1.24. The lowest BCUT2D eigenvalue weighted by Crippen LogP contribution is -2.34. The van der Waals surface area contributed by atoms with Crippen LogP contribution in [0.2, 0.25) is 0 Å². The molecule has 2 N–H and O–H groups in total. The number of aromatic nitrogens is 3. The Kier molecular flexibility index (Phi) is 3.59. The van der Waals surface area contributed by atoms with Crippen LogP contribution in [0.5, 0.6) is 0 Å². The second-order valence-corrected chi connectivity index (χ2v) is 8.61. The maximum atomic E-state index is 11.8. The number of rotatable bonds is 2. The predicted octanol–water partition coefficient (Wildman–Crippen LogP) is 0.774. The smallest absolute Gasteiger partial charge is 0.246 e. The molecule has 0 saturated carbocycles. The van der Waals surface area contributed by atoms with E-state index in [9.17, 15) is 8.42 Å². The van der Waals surface area contributed by atoms with E-state index in [0.29, 0.717) is 18.3 Å². The van der Waals surface area contributed by atoms with Crippen molar-refractivity contribution >= 4 is 21.7 Å². The first-order chi connectivity index (χ1) is 9.90. The van der Waals surface area contributed by atoms with Gasteiger partial charge in [-0.15, -0.1) is 5.10 Å². The number of hydrogen-bond acceptors (Lipinski definition) is 6. The van der Waals surface area contributed by atoms with Crippen LogP contribution in [0.3, 0.4) is 0 Å². The topological polar surface area (TPSA) is 94.1 Å². The molecule has 1 atom stereocenters. The van der Waals surface area contributed by atoms with Crippen molar-refractivity contribution in [1.82, 2.24) is 14.8 Å². The highest BCUT2D eigenvalue weighted by atomic mass is 32.2. The third kappa shape index (κ3) is 2.86. The Morgan fingerprint density at radius 3 is 2.43 bits per heavy atom. The van der Waals surface area contributed by atoms with Crippen LogP contribution < -0.4 is 10.6 Å². The summed E-state index contributed by atoms with van der Waals surface area (Å²) in [5.41, 5.74) is 5.44. The minimum Gasteiger partial charge on any atom is -0.368 e. The lowest BCUT2D eigenvalue weighted by atomic mass is 10.0. The molecule has 7 nitrogen and oxygen atoms in total. The molecule has 0 amide bonds. The van der Waals surface area contributed by atoms with Crippen molar-refractivity contribution in [2.75, 3.05) is 35.2 Å². The fraction of sp³-hybridized carbons (Fsp3) is 0.846. The van der Waals surface area contributed by atoms with Gasteiger partial charge in [0.05, 0.1) is 17.0 Å². The van der Waals surface area contributed by atoms with Gasteiger partial charge in [0.2, 0.25) is 11.9 Å². The highest BCUT2D eigenvalue weighted by molar-refractivity contribution is 7.91. The average Bonchev–Trinajstić information content (AvgIpc) is 2.80. The number of nitrogens with zero attached hydrogens (tertiary/aromatic N) is 4. The second kappa shape index (κ2) is 5.15. The van der Waals surface area contributed by atoms with Gasteiger partial charge in [0.15, 0.2) is 9.84 Å². The Hall–Kier alpha value is -1.31. The van der Waals surface area contributed by atoms with Crippen LogP contribution in [-0.4, -0.2) is 47.8 Å². The van der Waals surface area contributed by atoms with Crippen molar-refractivity contribution in [2.24, 2.45) is 0 Å². The van der Waals surface area contributed by atoms with Crippen molar-refractivity contribution in [1.29, 1.82) is 0 Å². The third-order valence-electron chi connectivity index (χ3n) is 4.50. The molecule has 0 bridgehead atoms. The number of sulfone groups is 1. The van der Waals surface area contributed by atoms with Crippen LogP contribution in [0.4, 0.5) is 11.9 Å². The molecule has 2 fully saturated rings. The Morgan fingerprint density at radius 1 is 1.19 bits per heavy atom. The third-order valence-corrected chi connectivity index (χ3v) is 6.39. The summed E-state index contributed by atoms with van der Waals surface area (Å²) < 4.78 is 25.2. The lowest BCUT2D eigenvalue weighted by molar-refractivity contribution is 0.333. The number of nitrogens with two attached hydrogens (primary N) is 1. The van der Waals surface area contributed by atoms with E-state index in [4.69, 9.17) is 5.73 Å². The van der Waals surface area contributed by atoms with Crippen molar-refractivity contribution < 1.29 is 8.42 Å². The van der Waals surface area contributed by atoms with E-state index in [-0.39, 0.29) is 11.5 Å². The predicted molar refractivity (Wildman–Crippen MR) is 82.0 cm³/mol. The Balaban J connectivity index is 1.87. The first-order valence-electron chi connectivity index (χ1n) is 7.58. The Labute approximate surface area is 125 Å². The maximum absolute atomic E-state index is 11.8. The van der Waals surface area contributed by atoms with E-state index >= 15 is 0 Å². The van der Waals surface area contributed by atoms with E-state index in [1.807, 2.05) is 6.92 Å². The zero-order valence-corrected chi connectivity index (χ0v) is 13.3. The summed E-state index contributed by atoms with van der Waals surface area (Å²) in [6, 6.07) is 0. The molecule has 1 aromatic rings. The molecule has 1 aromatic heterocycles. The SMILES string of the molecule is CC1(n2nc(N3CCCCCC3)nc2N)CCS(=O)(=O)C1. The Morgan fingerprint density at radius 2 is 1.86 bits per heavy atom.